The maximum atomic E-state index is 8.75. The number of hydrogen-bond acceptors (Lipinski definition) is 3. The van der Waals surface area contributed by atoms with E-state index in [1.54, 1.807) is 24.4 Å². The molecule has 0 saturated carbocycles. The SMILES string of the molecule is N#Cc1cc(COc2cc(Cl)c(Cl)cc2Cl)ccn1. The lowest BCUT2D eigenvalue weighted by molar-refractivity contribution is 0.306. The van der Waals surface area contributed by atoms with E-state index in [0.29, 0.717) is 26.5 Å². The number of halogens is 3. The number of hydrogen-bond donors (Lipinski definition) is 0. The third-order valence-electron chi connectivity index (χ3n) is 2.31. The minimum Gasteiger partial charge on any atom is -0.487 e. The molecule has 0 aliphatic rings. The number of benzene rings is 1. The zero-order valence-electron chi connectivity index (χ0n) is 9.53. The third kappa shape index (κ3) is 3.51. The van der Waals surface area contributed by atoms with Crippen LogP contribution in [-0.4, -0.2) is 4.98 Å². The molecule has 96 valence electrons. The smallest absolute Gasteiger partial charge is 0.140 e. The van der Waals surface area contributed by atoms with Gasteiger partial charge in [-0.3, -0.25) is 0 Å². The molecule has 3 nitrogen and oxygen atoms in total. The number of aromatic nitrogens is 1. The molecule has 0 saturated heterocycles. The first-order chi connectivity index (χ1) is 9.10. The first-order valence-electron chi connectivity index (χ1n) is 5.22. The van der Waals surface area contributed by atoms with Crippen LogP contribution in [0.5, 0.6) is 5.75 Å². The Morgan fingerprint density at radius 2 is 1.84 bits per heavy atom. The molecule has 1 heterocycles. The lowest BCUT2D eigenvalue weighted by Gasteiger charge is -2.09. The molecule has 19 heavy (non-hydrogen) atoms. The van der Waals surface area contributed by atoms with E-state index in [1.165, 1.54) is 6.07 Å². The molecule has 0 amide bonds. The zero-order chi connectivity index (χ0) is 13.8. The van der Waals surface area contributed by atoms with Crippen molar-refractivity contribution in [2.24, 2.45) is 0 Å². The van der Waals surface area contributed by atoms with E-state index in [0.717, 1.165) is 5.56 Å². The van der Waals surface area contributed by atoms with Crippen LogP contribution in [-0.2, 0) is 6.61 Å². The lowest BCUT2D eigenvalue weighted by Crippen LogP contribution is -1.97. The van der Waals surface area contributed by atoms with Gasteiger partial charge in [-0.2, -0.15) is 5.26 Å². The van der Waals surface area contributed by atoms with Crippen LogP contribution >= 0.6 is 34.8 Å². The van der Waals surface area contributed by atoms with E-state index in [1.807, 2.05) is 6.07 Å². The summed E-state index contributed by atoms with van der Waals surface area (Å²) in [5.74, 6) is 0.436. The van der Waals surface area contributed by atoms with Crippen molar-refractivity contribution in [1.29, 1.82) is 5.26 Å². The topological polar surface area (TPSA) is 45.9 Å². The summed E-state index contributed by atoms with van der Waals surface area (Å²) in [7, 11) is 0. The lowest BCUT2D eigenvalue weighted by atomic mass is 10.2. The minimum atomic E-state index is 0.259. The fraction of sp³-hybridized carbons (Fsp3) is 0.0769. The summed E-state index contributed by atoms with van der Waals surface area (Å²) in [4.78, 5) is 3.87. The molecule has 0 fully saturated rings. The van der Waals surface area contributed by atoms with E-state index in [9.17, 15) is 0 Å². The molecule has 0 atom stereocenters. The molecule has 2 aromatic rings. The van der Waals surface area contributed by atoms with Crippen molar-refractivity contribution < 1.29 is 4.74 Å². The molecular weight excluding hydrogens is 307 g/mol. The Hall–Kier alpha value is -1.47. The van der Waals surface area contributed by atoms with Gasteiger partial charge >= 0.3 is 0 Å². The van der Waals surface area contributed by atoms with Crippen molar-refractivity contribution in [3.8, 4) is 11.8 Å². The number of rotatable bonds is 3. The first-order valence-corrected chi connectivity index (χ1v) is 6.36. The predicted octanol–water partition coefficient (Wildman–Crippen LogP) is 4.49. The van der Waals surface area contributed by atoms with Gasteiger partial charge in [0.05, 0.1) is 15.1 Å². The van der Waals surface area contributed by atoms with Gasteiger partial charge in [0.2, 0.25) is 0 Å². The van der Waals surface area contributed by atoms with Crippen molar-refractivity contribution in [3.05, 3.63) is 56.8 Å². The van der Waals surface area contributed by atoms with Crippen molar-refractivity contribution >= 4 is 34.8 Å². The van der Waals surface area contributed by atoms with Crippen LogP contribution in [0.3, 0.4) is 0 Å². The molecule has 0 spiro atoms. The Morgan fingerprint density at radius 3 is 2.58 bits per heavy atom. The molecule has 0 unspecified atom stereocenters. The summed E-state index contributed by atoms with van der Waals surface area (Å²) in [5.41, 5.74) is 1.15. The van der Waals surface area contributed by atoms with Crippen LogP contribution in [0.4, 0.5) is 0 Å². The van der Waals surface area contributed by atoms with Crippen molar-refractivity contribution in [2.45, 2.75) is 6.61 Å². The van der Waals surface area contributed by atoms with E-state index >= 15 is 0 Å². The van der Waals surface area contributed by atoms with Gasteiger partial charge < -0.3 is 4.74 Å². The van der Waals surface area contributed by atoms with Gasteiger partial charge in [0, 0.05) is 12.3 Å². The van der Waals surface area contributed by atoms with Crippen LogP contribution in [0.15, 0.2) is 30.5 Å². The highest BCUT2D eigenvalue weighted by molar-refractivity contribution is 6.43. The Bertz CT molecular complexity index is 653. The Morgan fingerprint density at radius 1 is 1.11 bits per heavy atom. The highest BCUT2D eigenvalue weighted by Gasteiger charge is 2.07. The average Bonchev–Trinajstić information content (AvgIpc) is 2.41. The van der Waals surface area contributed by atoms with E-state index in [-0.39, 0.29) is 6.61 Å². The summed E-state index contributed by atoms with van der Waals surface area (Å²) in [6.07, 6.45) is 1.55. The Labute approximate surface area is 125 Å². The van der Waals surface area contributed by atoms with E-state index in [2.05, 4.69) is 4.98 Å². The molecule has 0 radical (unpaired) electrons. The zero-order valence-corrected chi connectivity index (χ0v) is 11.8. The Balaban J connectivity index is 2.14. The van der Waals surface area contributed by atoms with Crippen LogP contribution < -0.4 is 4.74 Å². The molecule has 0 N–H and O–H groups in total. The van der Waals surface area contributed by atoms with E-state index < -0.39 is 0 Å². The van der Waals surface area contributed by atoms with Gasteiger partial charge in [-0.1, -0.05) is 34.8 Å². The van der Waals surface area contributed by atoms with Gasteiger partial charge in [-0.05, 0) is 23.8 Å². The summed E-state index contributed by atoms with van der Waals surface area (Å²) in [6.45, 7) is 0.259. The first kappa shape index (κ1) is 14.0. The normalized spacial score (nSPS) is 10.0. The molecule has 0 aliphatic heterocycles. The maximum absolute atomic E-state index is 8.75. The second kappa shape index (κ2) is 6.12. The monoisotopic (exact) mass is 312 g/mol. The van der Waals surface area contributed by atoms with Gasteiger partial charge in [-0.15, -0.1) is 0 Å². The van der Waals surface area contributed by atoms with Gasteiger partial charge in [0.25, 0.3) is 0 Å². The molecular formula is C13H7Cl3N2O. The summed E-state index contributed by atoms with van der Waals surface area (Å²) >= 11 is 17.7. The second-order valence-corrected chi connectivity index (χ2v) is 4.87. The van der Waals surface area contributed by atoms with Gasteiger partial charge in [0.15, 0.2) is 0 Å². The second-order valence-electron chi connectivity index (χ2n) is 3.65. The molecule has 1 aromatic heterocycles. The number of nitriles is 1. The quantitative estimate of drug-likeness (QED) is 0.784. The molecule has 1 aromatic carbocycles. The molecule has 0 aliphatic carbocycles. The maximum Gasteiger partial charge on any atom is 0.140 e. The van der Waals surface area contributed by atoms with Crippen LogP contribution in [0.2, 0.25) is 15.1 Å². The fourth-order valence-corrected chi connectivity index (χ4v) is 1.99. The van der Waals surface area contributed by atoms with Crippen molar-refractivity contribution in [2.75, 3.05) is 0 Å². The summed E-state index contributed by atoms with van der Waals surface area (Å²) in [6, 6.07) is 8.44. The molecule has 6 heteroatoms. The third-order valence-corrected chi connectivity index (χ3v) is 3.33. The molecule has 0 bridgehead atoms. The highest BCUT2D eigenvalue weighted by atomic mass is 35.5. The standard InChI is InChI=1S/C13H7Cl3N2O/c14-10-4-12(16)13(5-11(10)15)19-7-8-1-2-18-9(3-8)6-17/h1-5H,7H2. The predicted molar refractivity (Wildman–Crippen MR) is 74.8 cm³/mol. The average molecular weight is 314 g/mol. The van der Waals surface area contributed by atoms with Crippen molar-refractivity contribution in [1.82, 2.24) is 4.98 Å². The van der Waals surface area contributed by atoms with Crippen LogP contribution in [0, 0.1) is 11.3 Å². The highest BCUT2D eigenvalue weighted by Crippen LogP contribution is 2.34. The van der Waals surface area contributed by atoms with E-state index in [4.69, 9.17) is 44.8 Å². The Kier molecular flexibility index (Phi) is 4.49. The van der Waals surface area contributed by atoms with Gasteiger partial charge in [0.1, 0.15) is 24.1 Å². The largest absolute Gasteiger partial charge is 0.487 e. The van der Waals surface area contributed by atoms with Gasteiger partial charge in [-0.25, -0.2) is 4.98 Å². The van der Waals surface area contributed by atoms with Crippen molar-refractivity contribution in [3.63, 3.8) is 0 Å². The number of nitrogens with zero attached hydrogens (tertiary/aromatic N) is 2. The fourth-order valence-electron chi connectivity index (χ4n) is 1.40. The number of ether oxygens (including phenoxy) is 1. The summed E-state index contributed by atoms with van der Waals surface area (Å²) in [5, 5.41) is 9.87. The van der Waals surface area contributed by atoms with Crippen LogP contribution in [0.1, 0.15) is 11.3 Å². The number of pyridine rings is 1. The molecule has 2 rings (SSSR count). The van der Waals surface area contributed by atoms with Crippen LogP contribution in [0.25, 0.3) is 0 Å². The summed E-state index contributed by atoms with van der Waals surface area (Å²) < 4.78 is 5.55. The minimum absolute atomic E-state index is 0.259.